The molecule has 1 aromatic carbocycles. The van der Waals surface area contributed by atoms with E-state index < -0.39 is 8.80 Å². The predicted octanol–water partition coefficient (Wildman–Crippen LogP) is 4.84. The molecule has 0 fully saturated rings. The third-order valence-electron chi connectivity index (χ3n) is 3.37. The first-order chi connectivity index (χ1) is 10.8. The Hall–Kier alpha value is -0.683. The van der Waals surface area contributed by atoms with Crippen LogP contribution in [0.1, 0.15) is 52.0 Å². The summed E-state index contributed by atoms with van der Waals surface area (Å²) in [6, 6.07) is 11.5. The molecule has 0 amide bonds. The van der Waals surface area contributed by atoms with Crippen molar-refractivity contribution in [2.75, 3.05) is 19.8 Å². The minimum atomic E-state index is -2.51. The Morgan fingerprint density at radius 2 is 1.27 bits per heavy atom. The van der Waals surface area contributed by atoms with E-state index in [9.17, 15) is 0 Å². The largest absolute Gasteiger partial charge is 0.500 e. The van der Waals surface area contributed by atoms with Crippen molar-refractivity contribution >= 4 is 8.80 Å². The van der Waals surface area contributed by atoms with E-state index in [4.69, 9.17) is 13.3 Å². The van der Waals surface area contributed by atoms with E-state index in [-0.39, 0.29) is 0 Å². The molecule has 3 nitrogen and oxygen atoms in total. The SMILES string of the molecule is CCCO[Si](CCCc1ccccc1)(OCCC)OCCC. The van der Waals surface area contributed by atoms with Gasteiger partial charge in [-0.05, 0) is 37.7 Å². The van der Waals surface area contributed by atoms with Gasteiger partial charge in [0.05, 0.1) is 0 Å². The Morgan fingerprint density at radius 1 is 0.773 bits per heavy atom. The summed E-state index contributed by atoms with van der Waals surface area (Å²) in [5.74, 6) is 0. The summed E-state index contributed by atoms with van der Waals surface area (Å²) in [7, 11) is -2.51. The van der Waals surface area contributed by atoms with Gasteiger partial charge in [0.15, 0.2) is 0 Å². The van der Waals surface area contributed by atoms with Gasteiger partial charge in [0.2, 0.25) is 0 Å². The van der Waals surface area contributed by atoms with Crippen LogP contribution < -0.4 is 0 Å². The molecule has 0 N–H and O–H groups in total. The van der Waals surface area contributed by atoms with E-state index >= 15 is 0 Å². The zero-order valence-corrected chi connectivity index (χ0v) is 15.5. The van der Waals surface area contributed by atoms with Crippen molar-refractivity contribution in [2.45, 2.75) is 58.9 Å². The number of benzene rings is 1. The van der Waals surface area contributed by atoms with Gasteiger partial charge in [-0.1, -0.05) is 51.1 Å². The normalized spacial score (nSPS) is 11.8. The topological polar surface area (TPSA) is 27.7 Å². The molecule has 126 valence electrons. The second-order valence-electron chi connectivity index (χ2n) is 5.57. The molecule has 0 bridgehead atoms. The highest BCUT2D eigenvalue weighted by Gasteiger charge is 2.40. The van der Waals surface area contributed by atoms with Crippen LogP contribution in [0, 0.1) is 0 Å². The molecule has 22 heavy (non-hydrogen) atoms. The maximum Gasteiger partial charge on any atom is 0.500 e. The average Bonchev–Trinajstić information content (AvgIpc) is 2.57. The lowest BCUT2D eigenvalue weighted by molar-refractivity contribution is 0.0588. The van der Waals surface area contributed by atoms with Crippen LogP contribution in [0.3, 0.4) is 0 Å². The molecular formula is C18H32O3Si. The fourth-order valence-corrected chi connectivity index (χ4v) is 5.11. The first-order valence-corrected chi connectivity index (χ1v) is 10.6. The zero-order chi connectivity index (χ0) is 16.1. The molecule has 0 radical (unpaired) electrons. The molecule has 1 aromatic rings. The van der Waals surface area contributed by atoms with Gasteiger partial charge in [-0.15, -0.1) is 0 Å². The highest BCUT2D eigenvalue weighted by atomic mass is 28.4. The molecule has 0 unspecified atom stereocenters. The molecule has 4 heteroatoms. The smallest absolute Gasteiger partial charge is 0.373 e. The van der Waals surface area contributed by atoms with E-state index in [2.05, 4.69) is 51.1 Å². The lowest BCUT2D eigenvalue weighted by atomic mass is 10.1. The standard InChI is InChI=1S/C18H32O3Si/c1-4-14-19-22(20-15-5-2,21-16-6-3)17-10-13-18-11-8-7-9-12-18/h7-9,11-12H,4-6,10,13-17H2,1-3H3. The third-order valence-corrected chi connectivity index (χ3v) is 6.27. The summed E-state index contributed by atoms with van der Waals surface area (Å²) in [6.07, 6.45) is 5.10. The fraction of sp³-hybridized carbons (Fsp3) is 0.667. The zero-order valence-electron chi connectivity index (χ0n) is 14.5. The Morgan fingerprint density at radius 3 is 1.73 bits per heavy atom. The lowest BCUT2D eigenvalue weighted by Crippen LogP contribution is -2.46. The number of hydrogen-bond donors (Lipinski definition) is 0. The maximum atomic E-state index is 6.12. The third kappa shape index (κ3) is 7.54. The quantitative estimate of drug-likeness (QED) is 0.486. The summed E-state index contributed by atoms with van der Waals surface area (Å²) >= 11 is 0. The van der Waals surface area contributed by atoms with Gasteiger partial charge >= 0.3 is 8.80 Å². The monoisotopic (exact) mass is 324 g/mol. The van der Waals surface area contributed by atoms with Gasteiger partial charge < -0.3 is 13.3 Å². The van der Waals surface area contributed by atoms with Crippen LogP contribution in [0.4, 0.5) is 0 Å². The highest BCUT2D eigenvalue weighted by Crippen LogP contribution is 2.21. The number of rotatable bonds is 13. The van der Waals surface area contributed by atoms with Crippen LogP contribution in [0.15, 0.2) is 30.3 Å². The summed E-state index contributed by atoms with van der Waals surface area (Å²) in [4.78, 5) is 0. The molecule has 1 rings (SSSR count). The average molecular weight is 325 g/mol. The van der Waals surface area contributed by atoms with Gasteiger partial charge in [-0.25, -0.2) is 0 Å². The summed E-state index contributed by atoms with van der Waals surface area (Å²) in [5, 5.41) is 0. The summed E-state index contributed by atoms with van der Waals surface area (Å²) in [6.45, 7) is 8.56. The number of aryl methyl sites for hydroxylation is 1. The number of hydrogen-bond acceptors (Lipinski definition) is 3. The molecule has 0 aliphatic carbocycles. The predicted molar refractivity (Wildman–Crippen MR) is 94.1 cm³/mol. The van der Waals surface area contributed by atoms with E-state index in [0.29, 0.717) is 0 Å². The Bertz CT molecular complexity index is 348. The van der Waals surface area contributed by atoms with Crippen LogP contribution in [-0.4, -0.2) is 28.6 Å². The van der Waals surface area contributed by atoms with E-state index in [1.807, 2.05) is 0 Å². The second-order valence-corrected chi connectivity index (χ2v) is 8.30. The Kier molecular flexibility index (Phi) is 10.4. The van der Waals surface area contributed by atoms with Gasteiger partial charge in [-0.2, -0.15) is 0 Å². The van der Waals surface area contributed by atoms with Crippen molar-refractivity contribution < 1.29 is 13.3 Å². The lowest BCUT2D eigenvalue weighted by Gasteiger charge is -2.29. The molecular weight excluding hydrogens is 292 g/mol. The maximum absolute atomic E-state index is 6.12. The minimum absolute atomic E-state index is 0.727. The Labute approximate surface area is 137 Å². The van der Waals surface area contributed by atoms with Crippen molar-refractivity contribution in [3.8, 4) is 0 Å². The second kappa shape index (κ2) is 11.8. The molecule has 0 spiro atoms. The Balaban J connectivity index is 2.59. The molecule has 0 aliphatic rings. The van der Waals surface area contributed by atoms with Crippen LogP contribution in [0.2, 0.25) is 6.04 Å². The summed E-state index contributed by atoms with van der Waals surface area (Å²) < 4.78 is 18.3. The molecule has 0 aliphatic heterocycles. The van der Waals surface area contributed by atoms with Gasteiger partial charge in [0.1, 0.15) is 0 Å². The van der Waals surface area contributed by atoms with Crippen LogP contribution in [0.25, 0.3) is 0 Å². The summed E-state index contributed by atoms with van der Waals surface area (Å²) in [5.41, 5.74) is 1.37. The van der Waals surface area contributed by atoms with E-state index in [1.165, 1.54) is 5.56 Å². The van der Waals surface area contributed by atoms with Crippen LogP contribution in [-0.2, 0) is 19.7 Å². The van der Waals surface area contributed by atoms with E-state index in [1.54, 1.807) is 0 Å². The van der Waals surface area contributed by atoms with Crippen LogP contribution in [0.5, 0.6) is 0 Å². The molecule has 0 saturated heterocycles. The first-order valence-electron chi connectivity index (χ1n) is 8.72. The van der Waals surface area contributed by atoms with Crippen molar-refractivity contribution in [3.05, 3.63) is 35.9 Å². The van der Waals surface area contributed by atoms with Crippen molar-refractivity contribution in [1.29, 1.82) is 0 Å². The van der Waals surface area contributed by atoms with E-state index in [0.717, 1.165) is 58.0 Å². The van der Waals surface area contributed by atoms with Crippen molar-refractivity contribution in [2.24, 2.45) is 0 Å². The first kappa shape index (κ1) is 19.4. The molecule has 0 heterocycles. The molecule has 0 saturated carbocycles. The molecule has 0 aromatic heterocycles. The fourth-order valence-electron chi connectivity index (χ4n) is 2.27. The van der Waals surface area contributed by atoms with Gasteiger partial charge in [0, 0.05) is 25.9 Å². The molecule has 0 atom stereocenters. The van der Waals surface area contributed by atoms with Crippen molar-refractivity contribution in [3.63, 3.8) is 0 Å². The van der Waals surface area contributed by atoms with Gasteiger partial charge in [-0.3, -0.25) is 0 Å². The minimum Gasteiger partial charge on any atom is -0.373 e. The van der Waals surface area contributed by atoms with Crippen LogP contribution >= 0.6 is 0 Å². The van der Waals surface area contributed by atoms with Crippen molar-refractivity contribution in [1.82, 2.24) is 0 Å². The van der Waals surface area contributed by atoms with Gasteiger partial charge in [0.25, 0.3) is 0 Å². The highest BCUT2D eigenvalue weighted by molar-refractivity contribution is 6.60.